The van der Waals surface area contributed by atoms with Crippen LogP contribution in [0.1, 0.15) is 40.4 Å². The van der Waals surface area contributed by atoms with E-state index in [2.05, 4.69) is 19.2 Å². The van der Waals surface area contributed by atoms with E-state index in [-0.39, 0.29) is 5.91 Å². The average Bonchev–Trinajstić information content (AvgIpc) is 2.83. The number of nitrogens with one attached hydrogen (secondary N) is 1. The largest absolute Gasteiger partial charge is 0.492 e. The van der Waals surface area contributed by atoms with Gasteiger partial charge in [0.05, 0.1) is 17.2 Å². The Hall–Kier alpha value is -1.81. The van der Waals surface area contributed by atoms with Gasteiger partial charge in [-0.05, 0) is 44.0 Å². The Morgan fingerprint density at radius 1 is 1.29 bits per heavy atom. The fourth-order valence-corrected chi connectivity index (χ4v) is 3.15. The van der Waals surface area contributed by atoms with Gasteiger partial charge < -0.3 is 10.1 Å². The molecule has 2 aromatic rings. The van der Waals surface area contributed by atoms with Crippen LogP contribution < -0.4 is 10.1 Å². The number of rotatable bonds is 6. The summed E-state index contributed by atoms with van der Waals surface area (Å²) in [4.78, 5) is 14.4. The van der Waals surface area contributed by atoms with E-state index in [0.29, 0.717) is 18.0 Å². The second kappa shape index (κ2) is 7.27. The van der Waals surface area contributed by atoms with Crippen LogP contribution in [0.25, 0.3) is 0 Å². The number of hydrogen-bond acceptors (Lipinski definition) is 3. The summed E-state index contributed by atoms with van der Waals surface area (Å²) in [7, 11) is 0. The molecule has 0 aliphatic rings. The lowest BCUT2D eigenvalue weighted by molar-refractivity contribution is 0.103. The van der Waals surface area contributed by atoms with Crippen molar-refractivity contribution in [3.05, 3.63) is 45.6 Å². The van der Waals surface area contributed by atoms with Crippen molar-refractivity contribution in [3.8, 4) is 5.75 Å². The van der Waals surface area contributed by atoms with Crippen LogP contribution in [0.4, 0.5) is 5.69 Å². The Morgan fingerprint density at radius 3 is 2.76 bits per heavy atom. The first-order chi connectivity index (χ1) is 10.2. The number of ether oxygens (including phenoxy) is 1. The number of aryl methyl sites for hydroxylation is 2. The van der Waals surface area contributed by atoms with Crippen molar-refractivity contribution in [2.45, 2.75) is 33.6 Å². The molecular weight excluding hydrogens is 282 g/mol. The quantitative estimate of drug-likeness (QED) is 0.843. The van der Waals surface area contributed by atoms with Crippen LogP contribution in [-0.2, 0) is 6.42 Å². The van der Waals surface area contributed by atoms with Gasteiger partial charge in [0.25, 0.3) is 5.91 Å². The highest BCUT2D eigenvalue weighted by Gasteiger charge is 2.14. The van der Waals surface area contributed by atoms with E-state index in [1.165, 1.54) is 10.4 Å². The fraction of sp³-hybridized carbons (Fsp3) is 0.353. The third-order valence-electron chi connectivity index (χ3n) is 3.20. The Bertz CT molecular complexity index is 619. The summed E-state index contributed by atoms with van der Waals surface area (Å²) in [5, 5.41) is 2.94. The standard InChI is InChI=1S/C17H21NO2S/c1-4-8-13-11-16(21-12(13)3)17(19)18-14-9-6-7-10-15(14)20-5-2/h6-7,9-11H,4-5,8H2,1-3H3,(H,18,19). The second-order valence-corrected chi connectivity index (χ2v) is 6.08. The number of amides is 1. The molecule has 0 bridgehead atoms. The molecule has 3 nitrogen and oxygen atoms in total. The fourth-order valence-electron chi connectivity index (χ4n) is 2.18. The molecule has 112 valence electrons. The zero-order valence-corrected chi connectivity index (χ0v) is 13.5. The van der Waals surface area contributed by atoms with Gasteiger partial charge in [0.1, 0.15) is 5.75 Å². The molecule has 21 heavy (non-hydrogen) atoms. The Morgan fingerprint density at radius 2 is 2.05 bits per heavy atom. The maximum absolute atomic E-state index is 12.4. The van der Waals surface area contributed by atoms with Crippen LogP contribution in [0.3, 0.4) is 0 Å². The summed E-state index contributed by atoms with van der Waals surface area (Å²) in [6, 6.07) is 9.51. The molecule has 2 rings (SSSR count). The molecule has 0 saturated carbocycles. The van der Waals surface area contributed by atoms with E-state index < -0.39 is 0 Å². The van der Waals surface area contributed by atoms with Gasteiger partial charge in [-0.15, -0.1) is 11.3 Å². The number of carbonyl (C=O) groups is 1. The van der Waals surface area contributed by atoms with Gasteiger partial charge in [-0.2, -0.15) is 0 Å². The maximum Gasteiger partial charge on any atom is 0.265 e. The lowest BCUT2D eigenvalue weighted by Gasteiger charge is -2.10. The van der Waals surface area contributed by atoms with Crippen molar-refractivity contribution in [2.75, 3.05) is 11.9 Å². The van der Waals surface area contributed by atoms with Crippen LogP contribution in [-0.4, -0.2) is 12.5 Å². The molecule has 0 aliphatic heterocycles. The molecule has 1 N–H and O–H groups in total. The van der Waals surface area contributed by atoms with E-state index in [4.69, 9.17) is 4.74 Å². The van der Waals surface area contributed by atoms with Crippen molar-refractivity contribution in [3.63, 3.8) is 0 Å². The SMILES string of the molecule is CCCc1cc(C(=O)Nc2ccccc2OCC)sc1C. The predicted molar refractivity (Wildman–Crippen MR) is 88.6 cm³/mol. The molecule has 0 radical (unpaired) electrons. The van der Waals surface area contributed by atoms with E-state index in [1.807, 2.05) is 37.3 Å². The lowest BCUT2D eigenvalue weighted by Crippen LogP contribution is -2.11. The highest BCUT2D eigenvalue weighted by Crippen LogP contribution is 2.27. The number of anilines is 1. The van der Waals surface area contributed by atoms with Gasteiger partial charge in [0, 0.05) is 4.88 Å². The second-order valence-electron chi connectivity index (χ2n) is 4.83. The van der Waals surface area contributed by atoms with Gasteiger partial charge in [-0.3, -0.25) is 4.79 Å². The summed E-state index contributed by atoms with van der Waals surface area (Å²) in [6.45, 7) is 6.72. The zero-order valence-electron chi connectivity index (χ0n) is 12.7. The van der Waals surface area contributed by atoms with Gasteiger partial charge in [-0.25, -0.2) is 0 Å². The van der Waals surface area contributed by atoms with Crippen molar-refractivity contribution in [1.29, 1.82) is 0 Å². The Balaban J connectivity index is 2.16. The lowest BCUT2D eigenvalue weighted by atomic mass is 10.1. The number of thiophene rings is 1. The Kier molecular flexibility index (Phi) is 5.39. The molecule has 0 atom stereocenters. The third kappa shape index (κ3) is 3.85. The first-order valence-corrected chi connectivity index (χ1v) is 8.09. The van der Waals surface area contributed by atoms with Gasteiger partial charge in [0.2, 0.25) is 0 Å². The summed E-state index contributed by atoms with van der Waals surface area (Å²) in [5.41, 5.74) is 1.98. The van der Waals surface area contributed by atoms with Crippen LogP contribution in [0.15, 0.2) is 30.3 Å². The van der Waals surface area contributed by atoms with Gasteiger partial charge >= 0.3 is 0 Å². The molecule has 1 aromatic carbocycles. The summed E-state index contributed by atoms with van der Waals surface area (Å²) in [6.07, 6.45) is 2.11. The first kappa shape index (κ1) is 15.6. The molecule has 1 heterocycles. The van der Waals surface area contributed by atoms with Crippen molar-refractivity contribution in [1.82, 2.24) is 0 Å². The monoisotopic (exact) mass is 303 g/mol. The molecule has 1 amide bonds. The molecule has 0 fully saturated rings. The minimum absolute atomic E-state index is 0.0717. The summed E-state index contributed by atoms with van der Waals surface area (Å²) < 4.78 is 5.53. The molecule has 0 saturated heterocycles. The average molecular weight is 303 g/mol. The topological polar surface area (TPSA) is 38.3 Å². The summed E-state index contributed by atoms with van der Waals surface area (Å²) in [5.74, 6) is 0.632. The number of hydrogen-bond donors (Lipinski definition) is 1. The van der Waals surface area contributed by atoms with Gasteiger partial charge in [0.15, 0.2) is 0 Å². The minimum Gasteiger partial charge on any atom is -0.492 e. The molecule has 0 aliphatic carbocycles. The smallest absolute Gasteiger partial charge is 0.265 e. The predicted octanol–water partition coefficient (Wildman–Crippen LogP) is 4.66. The molecular formula is C17H21NO2S. The van der Waals surface area contributed by atoms with Crippen LogP contribution in [0, 0.1) is 6.92 Å². The number of benzene rings is 1. The first-order valence-electron chi connectivity index (χ1n) is 7.28. The van der Waals surface area contributed by atoms with Crippen molar-refractivity contribution >= 4 is 22.9 Å². The molecule has 0 unspecified atom stereocenters. The van der Waals surface area contributed by atoms with Gasteiger partial charge in [-0.1, -0.05) is 25.5 Å². The van der Waals surface area contributed by atoms with E-state index in [0.717, 1.165) is 17.7 Å². The minimum atomic E-state index is -0.0717. The van der Waals surface area contributed by atoms with Crippen molar-refractivity contribution in [2.24, 2.45) is 0 Å². The molecule has 4 heteroatoms. The van der Waals surface area contributed by atoms with E-state index in [9.17, 15) is 4.79 Å². The van der Waals surface area contributed by atoms with E-state index >= 15 is 0 Å². The zero-order chi connectivity index (χ0) is 15.2. The van der Waals surface area contributed by atoms with Crippen LogP contribution in [0.5, 0.6) is 5.75 Å². The number of para-hydroxylation sites is 2. The maximum atomic E-state index is 12.4. The summed E-state index contributed by atoms with van der Waals surface area (Å²) >= 11 is 1.55. The van der Waals surface area contributed by atoms with Crippen LogP contribution >= 0.6 is 11.3 Å². The normalized spacial score (nSPS) is 10.4. The highest BCUT2D eigenvalue weighted by atomic mass is 32.1. The third-order valence-corrected chi connectivity index (χ3v) is 4.29. The van der Waals surface area contributed by atoms with E-state index in [1.54, 1.807) is 11.3 Å². The van der Waals surface area contributed by atoms with Crippen LogP contribution in [0.2, 0.25) is 0 Å². The highest BCUT2D eigenvalue weighted by molar-refractivity contribution is 7.14. The molecule has 1 aromatic heterocycles. The number of carbonyl (C=O) groups excluding carboxylic acids is 1. The van der Waals surface area contributed by atoms with Crippen molar-refractivity contribution < 1.29 is 9.53 Å². The molecule has 0 spiro atoms. The Labute approximate surface area is 130 Å².